The number of hydrogen-bond acceptors (Lipinski definition) is 2. The Labute approximate surface area is 97.2 Å². The molecule has 2 aliphatic rings. The monoisotopic (exact) mass is 242 g/mol. The van der Waals surface area contributed by atoms with E-state index in [1.54, 1.807) is 18.3 Å². The Morgan fingerprint density at radius 1 is 1.24 bits per heavy atom. The molecule has 0 aromatic carbocycles. The number of rotatable bonds is 2. The molecule has 2 heterocycles. The molecule has 1 aromatic heterocycles. The van der Waals surface area contributed by atoms with Crippen molar-refractivity contribution in [3.05, 3.63) is 29.6 Å². The average Bonchev–Trinajstić information content (AvgIpc) is 2.95. The van der Waals surface area contributed by atoms with E-state index in [4.69, 9.17) is 0 Å². The first-order chi connectivity index (χ1) is 8.03. The molecule has 2 nitrogen and oxygen atoms in total. The summed E-state index contributed by atoms with van der Waals surface area (Å²) >= 11 is 0. The zero-order chi connectivity index (χ0) is 12.1. The van der Waals surface area contributed by atoms with Crippen molar-refractivity contribution in [3.8, 4) is 0 Å². The van der Waals surface area contributed by atoms with Gasteiger partial charge in [-0.1, -0.05) is 6.07 Å². The summed E-state index contributed by atoms with van der Waals surface area (Å²) in [6.45, 7) is 1.79. The predicted octanol–water partition coefficient (Wildman–Crippen LogP) is 2.36. The standard InChI is InChI=1S/C12H13F3N2/c13-12(14,15)11(3-4-11)10-2-1-8(7-17-10)9-5-16-6-9/h1-2,7,9,16H,3-6H2. The third-order valence-corrected chi connectivity index (χ3v) is 3.82. The molecule has 3 rings (SSSR count). The number of nitrogens with zero attached hydrogens (tertiary/aromatic N) is 1. The minimum Gasteiger partial charge on any atom is -0.315 e. The van der Waals surface area contributed by atoms with Gasteiger partial charge in [0.2, 0.25) is 0 Å². The van der Waals surface area contributed by atoms with Crippen molar-refractivity contribution in [3.63, 3.8) is 0 Å². The van der Waals surface area contributed by atoms with Crippen molar-refractivity contribution in [2.75, 3.05) is 13.1 Å². The van der Waals surface area contributed by atoms with Gasteiger partial charge in [0.15, 0.2) is 0 Å². The molecular formula is C12H13F3N2. The first-order valence-corrected chi connectivity index (χ1v) is 5.77. The van der Waals surface area contributed by atoms with E-state index >= 15 is 0 Å². The lowest BCUT2D eigenvalue weighted by Crippen LogP contribution is -2.40. The highest BCUT2D eigenvalue weighted by Crippen LogP contribution is 2.58. The predicted molar refractivity (Wildman–Crippen MR) is 56.8 cm³/mol. The Bertz CT molecular complexity index is 416. The van der Waals surface area contributed by atoms with Gasteiger partial charge in [-0.2, -0.15) is 13.2 Å². The van der Waals surface area contributed by atoms with Crippen molar-refractivity contribution in [2.24, 2.45) is 0 Å². The van der Waals surface area contributed by atoms with Crippen LogP contribution in [0.1, 0.15) is 30.0 Å². The molecule has 1 aliphatic heterocycles. The second-order valence-electron chi connectivity index (χ2n) is 4.91. The van der Waals surface area contributed by atoms with Gasteiger partial charge in [0.05, 0.1) is 5.69 Å². The zero-order valence-electron chi connectivity index (χ0n) is 9.22. The van der Waals surface area contributed by atoms with Gasteiger partial charge in [-0.3, -0.25) is 4.98 Å². The number of alkyl halides is 3. The molecule has 0 bridgehead atoms. The molecule has 2 fully saturated rings. The van der Waals surface area contributed by atoms with Crippen LogP contribution in [0, 0.1) is 0 Å². The summed E-state index contributed by atoms with van der Waals surface area (Å²) in [5.74, 6) is 0.414. The van der Waals surface area contributed by atoms with Crippen LogP contribution in [0.4, 0.5) is 13.2 Å². The largest absolute Gasteiger partial charge is 0.399 e. The van der Waals surface area contributed by atoms with Crippen molar-refractivity contribution in [2.45, 2.75) is 30.4 Å². The zero-order valence-corrected chi connectivity index (χ0v) is 9.22. The fraction of sp³-hybridized carbons (Fsp3) is 0.583. The van der Waals surface area contributed by atoms with Gasteiger partial charge in [-0.05, 0) is 24.5 Å². The maximum absolute atomic E-state index is 12.9. The summed E-state index contributed by atoms with van der Waals surface area (Å²) < 4.78 is 38.6. The van der Waals surface area contributed by atoms with E-state index in [9.17, 15) is 13.2 Å². The number of hydrogen-bond donors (Lipinski definition) is 1. The van der Waals surface area contributed by atoms with Gasteiger partial charge < -0.3 is 5.32 Å². The average molecular weight is 242 g/mol. The second kappa shape index (κ2) is 3.45. The minimum absolute atomic E-state index is 0.174. The fourth-order valence-corrected chi connectivity index (χ4v) is 2.26. The molecule has 0 amide bonds. The van der Waals surface area contributed by atoms with Crippen LogP contribution in [0.2, 0.25) is 0 Å². The van der Waals surface area contributed by atoms with Crippen molar-refractivity contribution in [1.82, 2.24) is 10.3 Å². The van der Waals surface area contributed by atoms with E-state index < -0.39 is 11.6 Å². The van der Waals surface area contributed by atoms with Crippen molar-refractivity contribution >= 4 is 0 Å². The molecule has 0 unspecified atom stereocenters. The molecule has 0 atom stereocenters. The van der Waals surface area contributed by atoms with Gasteiger partial charge >= 0.3 is 6.18 Å². The Kier molecular flexibility index (Phi) is 2.23. The van der Waals surface area contributed by atoms with E-state index in [2.05, 4.69) is 10.3 Å². The molecule has 1 aliphatic carbocycles. The molecule has 0 radical (unpaired) electrons. The summed E-state index contributed by atoms with van der Waals surface area (Å²) in [5.41, 5.74) is -0.435. The van der Waals surface area contributed by atoms with Crippen LogP contribution in [0.5, 0.6) is 0 Å². The highest BCUT2D eigenvalue weighted by molar-refractivity contribution is 5.31. The quantitative estimate of drug-likeness (QED) is 0.861. The molecule has 17 heavy (non-hydrogen) atoms. The van der Waals surface area contributed by atoms with E-state index in [1.165, 1.54) is 0 Å². The van der Waals surface area contributed by atoms with Crippen LogP contribution in [-0.4, -0.2) is 24.2 Å². The first-order valence-electron chi connectivity index (χ1n) is 5.77. The van der Waals surface area contributed by atoms with Crippen LogP contribution < -0.4 is 5.32 Å². The number of aromatic nitrogens is 1. The molecule has 0 spiro atoms. The van der Waals surface area contributed by atoms with E-state index in [1.807, 2.05) is 0 Å². The third kappa shape index (κ3) is 1.64. The van der Waals surface area contributed by atoms with E-state index in [-0.39, 0.29) is 18.5 Å². The van der Waals surface area contributed by atoms with Crippen LogP contribution in [0.3, 0.4) is 0 Å². The first kappa shape index (κ1) is 11.0. The summed E-state index contributed by atoms with van der Waals surface area (Å²) in [7, 11) is 0. The molecule has 1 aromatic rings. The number of pyridine rings is 1. The maximum Gasteiger partial charge on any atom is 0.399 e. The Morgan fingerprint density at radius 2 is 1.94 bits per heavy atom. The Hall–Kier alpha value is -1.10. The normalized spacial score (nSPS) is 23.2. The lowest BCUT2D eigenvalue weighted by Gasteiger charge is -2.27. The van der Waals surface area contributed by atoms with Gasteiger partial charge in [-0.25, -0.2) is 0 Å². The summed E-state index contributed by atoms with van der Waals surface area (Å²) in [6, 6.07) is 3.34. The molecule has 1 saturated carbocycles. The van der Waals surface area contributed by atoms with Gasteiger partial charge in [0.1, 0.15) is 5.41 Å². The molecule has 5 heteroatoms. The highest BCUT2D eigenvalue weighted by atomic mass is 19.4. The maximum atomic E-state index is 12.9. The van der Waals surface area contributed by atoms with Crippen LogP contribution >= 0.6 is 0 Å². The van der Waals surface area contributed by atoms with E-state index in [0.29, 0.717) is 5.92 Å². The molecule has 1 saturated heterocycles. The van der Waals surface area contributed by atoms with Gasteiger partial charge in [0, 0.05) is 25.2 Å². The lowest BCUT2D eigenvalue weighted by molar-refractivity contribution is -0.161. The molecular weight excluding hydrogens is 229 g/mol. The fourth-order valence-electron chi connectivity index (χ4n) is 2.26. The molecule has 1 N–H and O–H groups in total. The van der Waals surface area contributed by atoms with Crippen LogP contribution in [-0.2, 0) is 5.41 Å². The van der Waals surface area contributed by atoms with E-state index in [0.717, 1.165) is 18.7 Å². The lowest BCUT2D eigenvalue weighted by atomic mass is 9.93. The second-order valence-corrected chi connectivity index (χ2v) is 4.91. The number of nitrogens with one attached hydrogen (secondary N) is 1. The third-order valence-electron chi connectivity index (χ3n) is 3.82. The Morgan fingerprint density at radius 3 is 2.29 bits per heavy atom. The smallest absolute Gasteiger partial charge is 0.315 e. The topological polar surface area (TPSA) is 24.9 Å². The summed E-state index contributed by atoms with van der Waals surface area (Å²) in [6.07, 6.45) is -2.21. The SMILES string of the molecule is FC(F)(F)C1(c2ccc(C3CNC3)cn2)CC1. The van der Waals surface area contributed by atoms with Crippen LogP contribution in [0.15, 0.2) is 18.3 Å². The highest BCUT2D eigenvalue weighted by Gasteiger charge is 2.65. The minimum atomic E-state index is -4.17. The van der Waals surface area contributed by atoms with Crippen molar-refractivity contribution < 1.29 is 13.2 Å². The van der Waals surface area contributed by atoms with Gasteiger partial charge in [0.25, 0.3) is 0 Å². The van der Waals surface area contributed by atoms with Crippen LogP contribution in [0.25, 0.3) is 0 Å². The summed E-state index contributed by atoms with van der Waals surface area (Å²) in [4.78, 5) is 4.03. The Balaban J connectivity index is 1.85. The number of halogens is 3. The van der Waals surface area contributed by atoms with Crippen molar-refractivity contribution in [1.29, 1.82) is 0 Å². The summed E-state index contributed by atoms with van der Waals surface area (Å²) in [5, 5.41) is 3.13. The van der Waals surface area contributed by atoms with Gasteiger partial charge in [-0.15, -0.1) is 0 Å². The molecule has 92 valence electrons.